The highest BCUT2D eigenvalue weighted by Crippen LogP contribution is 2.43. The van der Waals surface area contributed by atoms with Gasteiger partial charge in [-0.15, -0.1) is 11.6 Å². The lowest BCUT2D eigenvalue weighted by molar-refractivity contribution is -0.142. The van der Waals surface area contributed by atoms with Crippen molar-refractivity contribution in [3.63, 3.8) is 0 Å². The van der Waals surface area contributed by atoms with Crippen molar-refractivity contribution in [3.05, 3.63) is 22.3 Å². The van der Waals surface area contributed by atoms with Crippen molar-refractivity contribution in [3.8, 4) is 5.75 Å². The molecule has 0 saturated heterocycles. The number of guanidine groups is 1. The number of benzene rings is 1. The van der Waals surface area contributed by atoms with Crippen LogP contribution in [0.2, 0.25) is 0 Å². The molecule has 0 aromatic heterocycles. The van der Waals surface area contributed by atoms with Gasteiger partial charge in [-0.3, -0.25) is 14.6 Å². The fourth-order valence-electron chi connectivity index (χ4n) is 4.52. The van der Waals surface area contributed by atoms with E-state index in [0.29, 0.717) is 23.3 Å². The van der Waals surface area contributed by atoms with Crippen molar-refractivity contribution in [1.82, 2.24) is 15.4 Å². The Hall–Kier alpha value is -3.06. The number of alkyl halides is 1. The summed E-state index contributed by atoms with van der Waals surface area (Å²) in [6.07, 6.45) is 0.948. The number of carbonyl (C=O) groups excluding carboxylic acids is 2. The zero-order valence-electron chi connectivity index (χ0n) is 23.1. The maximum atomic E-state index is 13.3. The first-order chi connectivity index (χ1) is 18.0. The van der Waals surface area contributed by atoms with E-state index in [-0.39, 0.29) is 42.5 Å². The molecule has 0 radical (unpaired) electrons. The SMILES string of the molecule is CC(=O)N[C@H](CCCN=C(N)NS(=O)(=O)c1c(C)c(C)c2c(c1C)CC(C)(C)O2)C(=O)N[C@@H](CCCl)C(=O)O. The van der Waals surface area contributed by atoms with Gasteiger partial charge in [0.1, 0.15) is 23.4 Å². The van der Waals surface area contributed by atoms with Crippen molar-refractivity contribution in [1.29, 1.82) is 0 Å². The number of halogens is 1. The van der Waals surface area contributed by atoms with Crippen LogP contribution < -0.4 is 25.8 Å². The van der Waals surface area contributed by atoms with Crippen molar-refractivity contribution >= 4 is 45.4 Å². The van der Waals surface area contributed by atoms with Crippen molar-refractivity contribution in [2.24, 2.45) is 10.7 Å². The van der Waals surface area contributed by atoms with Crippen LogP contribution in [0.15, 0.2) is 9.89 Å². The number of rotatable bonds is 12. The van der Waals surface area contributed by atoms with Gasteiger partial charge < -0.3 is 26.2 Å². The van der Waals surface area contributed by atoms with Gasteiger partial charge in [0.15, 0.2) is 0 Å². The summed E-state index contributed by atoms with van der Waals surface area (Å²) in [5.74, 6) is -1.97. The number of ether oxygens (including phenoxy) is 1. The molecular formula is C25H38ClN5O7S. The molecule has 1 aliphatic rings. The van der Waals surface area contributed by atoms with E-state index >= 15 is 0 Å². The largest absolute Gasteiger partial charge is 0.487 e. The lowest BCUT2D eigenvalue weighted by Gasteiger charge is -2.20. The molecule has 12 nitrogen and oxygen atoms in total. The Morgan fingerprint density at radius 3 is 2.31 bits per heavy atom. The van der Waals surface area contributed by atoms with Crippen LogP contribution in [0.1, 0.15) is 62.3 Å². The van der Waals surface area contributed by atoms with E-state index < -0.39 is 45.5 Å². The molecule has 0 bridgehead atoms. The van der Waals surface area contributed by atoms with E-state index in [1.165, 1.54) is 6.92 Å². The number of nitrogens with zero attached hydrogens (tertiary/aromatic N) is 1. The minimum atomic E-state index is -4.06. The van der Waals surface area contributed by atoms with E-state index in [1.54, 1.807) is 13.8 Å². The Labute approximate surface area is 234 Å². The van der Waals surface area contributed by atoms with Gasteiger partial charge >= 0.3 is 5.97 Å². The second kappa shape index (κ2) is 12.9. The number of carboxylic acid groups (broad SMARTS) is 1. The molecule has 0 aliphatic carbocycles. The third kappa shape index (κ3) is 8.21. The highest BCUT2D eigenvalue weighted by molar-refractivity contribution is 7.90. The second-order valence-corrected chi connectivity index (χ2v) is 12.2. The minimum Gasteiger partial charge on any atom is -0.487 e. The summed E-state index contributed by atoms with van der Waals surface area (Å²) >= 11 is 5.60. The molecule has 0 fully saturated rings. The van der Waals surface area contributed by atoms with Gasteiger partial charge in [0.05, 0.1) is 4.90 Å². The number of hydrogen-bond acceptors (Lipinski definition) is 7. The predicted octanol–water partition coefficient (Wildman–Crippen LogP) is 1.40. The molecule has 218 valence electrons. The molecule has 6 N–H and O–H groups in total. The van der Waals surface area contributed by atoms with Gasteiger partial charge in [0.2, 0.25) is 17.8 Å². The molecule has 0 spiro atoms. The molecule has 2 amide bonds. The van der Waals surface area contributed by atoms with E-state index in [0.717, 1.165) is 11.1 Å². The number of fused-ring (bicyclic) bond motifs is 1. The molecule has 1 aromatic carbocycles. The van der Waals surface area contributed by atoms with Crippen LogP contribution >= 0.6 is 11.6 Å². The van der Waals surface area contributed by atoms with Crippen LogP contribution in [0.25, 0.3) is 0 Å². The molecule has 1 aromatic rings. The Bertz CT molecular complexity index is 1260. The van der Waals surface area contributed by atoms with Crippen LogP contribution in [0.4, 0.5) is 0 Å². The topological polar surface area (TPSA) is 189 Å². The average molecular weight is 588 g/mol. The highest BCUT2D eigenvalue weighted by Gasteiger charge is 2.36. The van der Waals surface area contributed by atoms with Gasteiger partial charge in [-0.25, -0.2) is 17.9 Å². The summed E-state index contributed by atoms with van der Waals surface area (Å²) in [4.78, 5) is 39.6. The Balaban J connectivity index is 2.10. The van der Waals surface area contributed by atoms with Crippen LogP contribution in [-0.2, 0) is 30.8 Å². The fourth-order valence-corrected chi connectivity index (χ4v) is 6.26. The van der Waals surface area contributed by atoms with E-state index in [1.807, 2.05) is 20.8 Å². The third-order valence-electron chi connectivity index (χ3n) is 6.44. The molecule has 1 aliphatic heterocycles. The first-order valence-corrected chi connectivity index (χ1v) is 14.5. The van der Waals surface area contributed by atoms with Crippen molar-refractivity contribution in [2.45, 2.75) is 89.8 Å². The number of carbonyl (C=O) groups is 3. The molecule has 0 unspecified atom stereocenters. The van der Waals surface area contributed by atoms with Gasteiger partial charge in [-0.05, 0) is 70.6 Å². The number of carboxylic acids is 1. The van der Waals surface area contributed by atoms with E-state index in [9.17, 15) is 27.9 Å². The third-order valence-corrected chi connectivity index (χ3v) is 8.28. The van der Waals surface area contributed by atoms with Gasteiger partial charge in [0, 0.05) is 31.3 Å². The van der Waals surface area contributed by atoms with Crippen LogP contribution in [0.5, 0.6) is 5.75 Å². The number of amides is 2. The zero-order valence-corrected chi connectivity index (χ0v) is 24.7. The lowest BCUT2D eigenvalue weighted by Crippen LogP contribution is -2.51. The quantitative estimate of drug-likeness (QED) is 0.105. The van der Waals surface area contributed by atoms with Crippen LogP contribution in [0, 0.1) is 20.8 Å². The highest BCUT2D eigenvalue weighted by atomic mass is 35.5. The second-order valence-electron chi connectivity index (χ2n) is 10.2. The normalized spacial score (nSPS) is 16.0. The van der Waals surface area contributed by atoms with E-state index in [2.05, 4.69) is 20.3 Å². The molecule has 2 rings (SSSR count). The number of hydrogen-bond donors (Lipinski definition) is 5. The summed E-state index contributed by atoms with van der Waals surface area (Å²) in [5.41, 5.74) is 8.19. The summed E-state index contributed by atoms with van der Waals surface area (Å²) in [6, 6.07) is -2.21. The smallest absolute Gasteiger partial charge is 0.326 e. The lowest BCUT2D eigenvalue weighted by atomic mass is 9.94. The number of sulfonamides is 1. The van der Waals surface area contributed by atoms with E-state index in [4.69, 9.17) is 22.1 Å². The van der Waals surface area contributed by atoms with Gasteiger partial charge in [0.25, 0.3) is 10.0 Å². The maximum Gasteiger partial charge on any atom is 0.326 e. The molecule has 39 heavy (non-hydrogen) atoms. The molecule has 14 heteroatoms. The zero-order chi connectivity index (χ0) is 29.7. The maximum absolute atomic E-state index is 13.3. The standard InChI is InChI=1S/C25H38ClN5O7S/c1-13-14(2)21(15(3)17-12-25(5,6)38-20(13)17)39(36,37)31-24(27)28-11-7-8-18(29-16(4)32)22(33)30-19(9-10-26)23(34)35/h18-19H,7-12H2,1-6H3,(H,29,32)(H,30,33)(H,34,35)(H3,27,28,31)/t18-,19+/m1/s1. The number of nitrogens with two attached hydrogens (primary N) is 1. The predicted molar refractivity (Wildman–Crippen MR) is 148 cm³/mol. The minimum absolute atomic E-state index is 0.0177. The number of aliphatic imine (C=N–C) groups is 1. The fraction of sp³-hybridized carbons (Fsp3) is 0.600. The Morgan fingerprint density at radius 2 is 1.74 bits per heavy atom. The molecule has 2 atom stereocenters. The molecular weight excluding hydrogens is 550 g/mol. The van der Waals surface area contributed by atoms with Crippen LogP contribution in [-0.4, -0.2) is 67.4 Å². The van der Waals surface area contributed by atoms with Crippen molar-refractivity contribution in [2.75, 3.05) is 12.4 Å². The first kappa shape index (κ1) is 32.2. The summed E-state index contributed by atoms with van der Waals surface area (Å²) < 4.78 is 35.0. The summed E-state index contributed by atoms with van der Waals surface area (Å²) in [7, 11) is -4.06. The molecule has 0 saturated carbocycles. The summed E-state index contributed by atoms with van der Waals surface area (Å²) in [6.45, 7) is 10.5. The number of aliphatic carboxylic acids is 1. The van der Waals surface area contributed by atoms with Crippen LogP contribution in [0.3, 0.4) is 0 Å². The van der Waals surface area contributed by atoms with Gasteiger partial charge in [-0.2, -0.15) is 0 Å². The Morgan fingerprint density at radius 1 is 1.10 bits per heavy atom. The molecule has 1 heterocycles. The Kier molecular flexibility index (Phi) is 10.6. The summed E-state index contributed by atoms with van der Waals surface area (Å²) in [5, 5.41) is 14.1. The van der Waals surface area contributed by atoms with Crippen molar-refractivity contribution < 1.29 is 32.6 Å². The monoisotopic (exact) mass is 587 g/mol. The van der Waals surface area contributed by atoms with Gasteiger partial charge in [-0.1, -0.05) is 0 Å². The average Bonchev–Trinajstić information content (AvgIpc) is 3.14. The number of nitrogens with one attached hydrogen (secondary N) is 3. The first-order valence-electron chi connectivity index (χ1n) is 12.5.